The minimum Gasteiger partial charge on any atom is -0.480 e. The van der Waals surface area contributed by atoms with Crippen molar-refractivity contribution in [1.29, 1.82) is 0 Å². The zero-order valence-corrected chi connectivity index (χ0v) is 10.7. The highest BCUT2D eigenvalue weighted by molar-refractivity contribution is 5.43. The van der Waals surface area contributed by atoms with Crippen molar-refractivity contribution in [2.45, 2.75) is 18.8 Å². The Bertz CT molecular complexity index is 458. The third kappa shape index (κ3) is 7.07. The molecule has 0 heterocycles. The van der Waals surface area contributed by atoms with E-state index < -0.39 is 37.1 Å². The Labute approximate surface area is 116 Å². The van der Waals surface area contributed by atoms with Crippen LogP contribution in [0.1, 0.15) is 5.56 Å². The van der Waals surface area contributed by atoms with E-state index >= 15 is 0 Å². The molecule has 2 N–H and O–H groups in total. The Kier molecular flexibility index (Phi) is 5.70. The van der Waals surface area contributed by atoms with Gasteiger partial charge in [0.1, 0.15) is 0 Å². The van der Waals surface area contributed by atoms with E-state index in [1.54, 1.807) is 0 Å². The number of nitrogens with two attached hydrogens (primary N) is 1. The number of hydrogen-bond acceptors (Lipinski definition) is 3. The van der Waals surface area contributed by atoms with Gasteiger partial charge in [-0.25, -0.2) is 0 Å². The van der Waals surface area contributed by atoms with Crippen LogP contribution in [0.2, 0.25) is 0 Å². The van der Waals surface area contributed by atoms with Crippen molar-refractivity contribution in [2.75, 3.05) is 19.8 Å². The molecule has 9 heteroatoms. The zero-order valence-electron chi connectivity index (χ0n) is 10.7. The van der Waals surface area contributed by atoms with E-state index in [2.05, 4.69) is 9.47 Å². The summed E-state index contributed by atoms with van der Waals surface area (Å²) in [5.41, 5.74) is 5.84. The average Bonchev–Trinajstić information content (AvgIpc) is 2.33. The van der Waals surface area contributed by atoms with E-state index in [0.29, 0.717) is 12.0 Å². The number of benzene rings is 1. The predicted octanol–water partition coefficient (Wildman–Crippen LogP) is 3.07. The van der Waals surface area contributed by atoms with Gasteiger partial charge in [0, 0.05) is 0 Å². The third-order valence-electron chi connectivity index (χ3n) is 2.22. The zero-order chi connectivity index (χ0) is 16.1. The summed E-state index contributed by atoms with van der Waals surface area (Å²) in [6.45, 7) is -3.01. The summed E-state index contributed by atoms with van der Waals surface area (Å²) in [7, 11) is 0. The Hall–Kier alpha value is -1.64. The molecule has 0 radical (unpaired) electrons. The number of rotatable bonds is 6. The van der Waals surface area contributed by atoms with Crippen molar-refractivity contribution in [2.24, 2.45) is 5.73 Å². The van der Waals surface area contributed by atoms with Gasteiger partial charge in [-0.15, -0.1) is 0 Å². The summed E-state index contributed by atoms with van der Waals surface area (Å²) >= 11 is 0. The average molecular weight is 317 g/mol. The second-order valence-electron chi connectivity index (χ2n) is 4.13. The molecule has 21 heavy (non-hydrogen) atoms. The van der Waals surface area contributed by atoms with Crippen LogP contribution in [0.15, 0.2) is 18.2 Å². The fourth-order valence-corrected chi connectivity index (χ4v) is 1.43. The minimum absolute atomic E-state index is 0.238. The van der Waals surface area contributed by atoms with E-state index in [9.17, 15) is 26.3 Å². The molecular formula is C12H13F6NO2. The summed E-state index contributed by atoms with van der Waals surface area (Å²) in [4.78, 5) is 0. The first-order chi connectivity index (χ1) is 9.61. The lowest BCUT2D eigenvalue weighted by Gasteiger charge is -2.16. The first kappa shape index (κ1) is 17.4. The van der Waals surface area contributed by atoms with E-state index in [4.69, 9.17) is 5.73 Å². The molecule has 1 aromatic carbocycles. The van der Waals surface area contributed by atoms with Crippen LogP contribution in [0.3, 0.4) is 0 Å². The molecule has 0 saturated carbocycles. The smallest absolute Gasteiger partial charge is 0.422 e. The molecule has 0 aliphatic heterocycles. The maximum atomic E-state index is 12.1. The maximum Gasteiger partial charge on any atom is 0.422 e. The molecule has 0 aliphatic carbocycles. The van der Waals surface area contributed by atoms with Gasteiger partial charge in [0.15, 0.2) is 24.7 Å². The van der Waals surface area contributed by atoms with Gasteiger partial charge >= 0.3 is 12.4 Å². The second-order valence-corrected chi connectivity index (χ2v) is 4.13. The predicted molar refractivity (Wildman–Crippen MR) is 62.3 cm³/mol. The first-order valence-corrected chi connectivity index (χ1v) is 5.83. The van der Waals surface area contributed by atoms with E-state index in [0.717, 1.165) is 6.07 Å². The molecule has 0 bridgehead atoms. The quantitative estimate of drug-likeness (QED) is 0.820. The maximum absolute atomic E-state index is 12.1. The summed E-state index contributed by atoms with van der Waals surface area (Å²) < 4.78 is 81.6. The fraction of sp³-hybridized carbons (Fsp3) is 0.500. The van der Waals surface area contributed by atoms with Gasteiger partial charge in [-0.2, -0.15) is 26.3 Å². The fourth-order valence-electron chi connectivity index (χ4n) is 1.43. The standard InChI is InChI=1S/C12H13F6NO2/c13-11(14,15)6-20-9-2-1-8(3-4-19)5-10(9)21-7-12(16,17)18/h1-2,5H,3-4,6-7,19H2. The number of ether oxygens (including phenoxy) is 2. The Balaban J connectivity index is 2.88. The largest absolute Gasteiger partial charge is 0.480 e. The Morgan fingerprint density at radius 2 is 1.38 bits per heavy atom. The second kappa shape index (κ2) is 6.88. The van der Waals surface area contributed by atoms with Crippen LogP contribution in [-0.4, -0.2) is 32.1 Å². The molecule has 0 fully saturated rings. The lowest BCUT2D eigenvalue weighted by atomic mass is 10.1. The van der Waals surface area contributed by atoms with Gasteiger partial charge in [-0.3, -0.25) is 0 Å². The first-order valence-electron chi connectivity index (χ1n) is 5.83. The summed E-state index contributed by atoms with van der Waals surface area (Å²) in [6.07, 6.45) is -8.86. The molecule has 0 atom stereocenters. The van der Waals surface area contributed by atoms with Crippen LogP contribution in [0.5, 0.6) is 11.5 Å². The van der Waals surface area contributed by atoms with Gasteiger partial charge in [-0.1, -0.05) is 6.07 Å². The highest BCUT2D eigenvalue weighted by Gasteiger charge is 2.31. The van der Waals surface area contributed by atoms with Gasteiger partial charge < -0.3 is 15.2 Å². The normalized spacial score (nSPS) is 12.3. The minimum atomic E-state index is -4.61. The van der Waals surface area contributed by atoms with E-state index in [1.807, 2.05) is 0 Å². The summed E-state index contributed by atoms with van der Waals surface area (Å²) in [6, 6.07) is 3.73. The van der Waals surface area contributed by atoms with Gasteiger partial charge in [-0.05, 0) is 30.7 Å². The third-order valence-corrected chi connectivity index (χ3v) is 2.22. The summed E-state index contributed by atoms with van der Waals surface area (Å²) in [5.74, 6) is -0.806. The topological polar surface area (TPSA) is 44.5 Å². The Morgan fingerprint density at radius 1 is 0.857 bits per heavy atom. The molecule has 0 saturated heterocycles. The SMILES string of the molecule is NCCc1ccc(OCC(F)(F)F)c(OCC(F)(F)F)c1. The molecule has 120 valence electrons. The van der Waals surface area contributed by atoms with Crippen LogP contribution in [-0.2, 0) is 6.42 Å². The van der Waals surface area contributed by atoms with Crippen molar-refractivity contribution < 1.29 is 35.8 Å². The molecule has 0 amide bonds. The van der Waals surface area contributed by atoms with Gasteiger partial charge in [0.2, 0.25) is 0 Å². The molecule has 0 aromatic heterocycles. The van der Waals surface area contributed by atoms with Crippen molar-refractivity contribution in [1.82, 2.24) is 0 Å². The molecule has 1 aromatic rings. The lowest BCUT2D eigenvalue weighted by Crippen LogP contribution is -2.21. The molecule has 1 rings (SSSR count). The van der Waals surface area contributed by atoms with Crippen molar-refractivity contribution in [3.8, 4) is 11.5 Å². The molecule has 3 nitrogen and oxygen atoms in total. The van der Waals surface area contributed by atoms with Crippen LogP contribution < -0.4 is 15.2 Å². The van der Waals surface area contributed by atoms with Crippen LogP contribution >= 0.6 is 0 Å². The highest BCUT2D eigenvalue weighted by Crippen LogP contribution is 2.31. The molecule has 0 aliphatic rings. The highest BCUT2D eigenvalue weighted by atomic mass is 19.4. The van der Waals surface area contributed by atoms with Crippen molar-refractivity contribution >= 4 is 0 Å². The van der Waals surface area contributed by atoms with Crippen LogP contribution in [0.4, 0.5) is 26.3 Å². The van der Waals surface area contributed by atoms with Crippen LogP contribution in [0, 0.1) is 0 Å². The Morgan fingerprint density at radius 3 is 1.86 bits per heavy atom. The van der Waals surface area contributed by atoms with Crippen molar-refractivity contribution in [3.05, 3.63) is 23.8 Å². The van der Waals surface area contributed by atoms with Gasteiger partial charge in [0.25, 0.3) is 0 Å². The van der Waals surface area contributed by atoms with Gasteiger partial charge in [0.05, 0.1) is 0 Å². The molecular weight excluding hydrogens is 304 g/mol. The van der Waals surface area contributed by atoms with Crippen molar-refractivity contribution in [3.63, 3.8) is 0 Å². The summed E-state index contributed by atoms with van der Waals surface area (Å²) in [5, 5.41) is 0. The van der Waals surface area contributed by atoms with E-state index in [-0.39, 0.29) is 6.54 Å². The monoisotopic (exact) mass is 317 g/mol. The number of alkyl halides is 6. The number of halogens is 6. The van der Waals surface area contributed by atoms with Crippen LogP contribution in [0.25, 0.3) is 0 Å². The number of hydrogen-bond donors (Lipinski definition) is 1. The van der Waals surface area contributed by atoms with E-state index in [1.165, 1.54) is 12.1 Å². The molecule has 0 unspecified atom stereocenters. The lowest BCUT2D eigenvalue weighted by molar-refractivity contribution is -0.158. The molecule has 0 spiro atoms.